The normalized spacial score (nSPS) is 13.8. The molecule has 76 valence electrons. The van der Waals surface area contributed by atoms with Crippen molar-refractivity contribution in [2.45, 2.75) is 6.10 Å². The van der Waals surface area contributed by atoms with E-state index in [2.05, 4.69) is 13.2 Å². The van der Waals surface area contributed by atoms with Gasteiger partial charge in [0.1, 0.15) is 12.6 Å². The van der Waals surface area contributed by atoms with Crippen molar-refractivity contribution >= 4 is 0 Å². The summed E-state index contributed by atoms with van der Waals surface area (Å²) in [6.07, 6.45) is 2.96. The van der Waals surface area contributed by atoms with Gasteiger partial charge in [-0.05, 0) is 12.2 Å². The first kappa shape index (κ1) is 12.4. The molecular formula is C10H20NO2+. The lowest BCUT2D eigenvalue weighted by Crippen LogP contribution is -2.49. The Hall–Kier alpha value is -0.640. The molecule has 0 heterocycles. The maximum Gasteiger partial charge on any atom is 0.126 e. The Bertz CT molecular complexity index is 158. The molecule has 2 N–H and O–H groups in total. The van der Waals surface area contributed by atoms with Crippen molar-refractivity contribution in [2.24, 2.45) is 0 Å². The topological polar surface area (TPSA) is 40.5 Å². The molecule has 3 heteroatoms. The van der Waals surface area contributed by atoms with Gasteiger partial charge >= 0.3 is 0 Å². The van der Waals surface area contributed by atoms with Crippen LogP contribution in [0.2, 0.25) is 0 Å². The van der Waals surface area contributed by atoms with Crippen LogP contribution in [0.4, 0.5) is 0 Å². The van der Waals surface area contributed by atoms with Crippen LogP contribution in [0, 0.1) is 0 Å². The van der Waals surface area contributed by atoms with Crippen LogP contribution in [0.15, 0.2) is 25.3 Å². The highest BCUT2D eigenvalue weighted by Gasteiger charge is 2.22. The van der Waals surface area contributed by atoms with Gasteiger partial charge in [-0.3, -0.25) is 0 Å². The number of aliphatic hydroxyl groups is 2. The Morgan fingerprint density at radius 3 is 2.08 bits per heavy atom. The minimum Gasteiger partial charge on any atom is -0.393 e. The summed E-state index contributed by atoms with van der Waals surface area (Å²) in [6, 6.07) is 0. The largest absolute Gasteiger partial charge is 0.393 e. The van der Waals surface area contributed by atoms with Gasteiger partial charge in [-0.2, -0.15) is 0 Å². The highest BCUT2D eigenvalue weighted by Crippen LogP contribution is 2.04. The molecule has 0 saturated carbocycles. The van der Waals surface area contributed by atoms with Crippen LogP contribution >= 0.6 is 0 Å². The van der Waals surface area contributed by atoms with Gasteiger partial charge in [0.25, 0.3) is 0 Å². The molecule has 0 aliphatic rings. The second-order valence-electron chi connectivity index (χ2n) is 3.58. The van der Waals surface area contributed by atoms with E-state index in [-0.39, 0.29) is 6.61 Å². The van der Waals surface area contributed by atoms with E-state index >= 15 is 0 Å². The first-order chi connectivity index (χ1) is 6.08. The zero-order valence-electron chi connectivity index (χ0n) is 8.32. The fraction of sp³-hybridized carbons (Fsp3) is 0.600. The highest BCUT2D eigenvalue weighted by atomic mass is 16.3. The molecule has 0 saturated heterocycles. The monoisotopic (exact) mass is 186 g/mol. The van der Waals surface area contributed by atoms with Crippen LogP contribution in [0.5, 0.6) is 0 Å². The number of hydrogen-bond acceptors (Lipinski definition) is 2. The molecule has 0 aliphatic carbocycles. The van der Waals surface area contributed by atoms with E-state index in [1.807, 2.05) is 19.2 Å². The fourth-order valence-electron chi connectivity index (χ4n) is 1.41. The molecule has 0 fully saturated rings. The minimum absolute atomic E-state index is 0.192. The van der Waals surface area contributed by atoms with E-state index in [1.165, 1.54) is 0 Å². The third-order valence-electron chi connectivity index (χ3n) is 2.00. The Morgan fingerprint density at radius 1 is 1.31 bits per heavy atom. The lowest BCUT2D eigenvalue weighted by Gasteiger charge is -2.33. The average molecular weight is 186 g/mol. The van der Waals surface area contributed by atoms with E-state index in [9.17, 15) is 5.11 Å². The van der Waals surface area contributed by atoms with Crippen LogP contribution in [0.25, 0.3) is 0 Å². The molecule has 0 aromatic heterocycles. The van der Waals surface area contributed by atoms with Gasteiger partial charge in [0.2, 0.25) is 0 Å². The first-order valence-corrected chi connectivity index (χ1v) is 4.42. The molecule has 3 nitrogen and oxygen atoms in total. The number of rotatable bonds is 7. The lowest BCUT2D eigenvalue weighted by molar-refractivity contribution is -0.901. The third-order valence-corrected chi connectivity index (χ3v) is 2.00. The molecule has 1 unspecified atom stereocenters. The maximum absolute atomic E-state index is 9.31. The molecule has 0 aliphatic heterocycles. The summed E-state index contributed by atoms with van der Waals surface area (Å²) in [5.74, 6) is 0. The summed E-state index contributed by atoms with van der Waals surface area (Å²) >= 11 is 0. The summed E-state index contributed by atoms with van der Waals surface area (Å²) in [5.41, 5.74) is 0. The lowest BCUT2D eigenvalue weighted by atomic mass is 10.2. The van der Waals surface area contributed by atoms with Crippen molar-refractivity contribution < 1.29 is 14.7 Å². The van der Waals surface area contributed by atoms with Gasteiger partial charge in [0.15, 0.2) is 0 Å². The molecule has 0 radical (unpaired) electrons. The molecule has 0 spiro atoms. The predicted molar refractivity (Wildman–Crippen MR) is 54.3 cm³/mol. The molecule has 0 aromatic rings. The summed E-state index contributed by atoms with van der Waals surface area (Å²) in [6.45, 7) is 9.20. The number of nitrogens with zero attached hydrogens (tertiary/aromatic N) is 1. The average Bonchev–Trinajstić information content (AvgIpc) is 2.04. The van der Waals surface area contributed by atoms with E-state index in [0.717, 1.165) is 13.1 Å². The second kappa shape index (κ2) is 5.91. The Labute approximate surface area is 80.2 Å². The Kier molecular flexibility index (Phi) is 5.62. The van der Waals surface area contributed by atoms with Crippen LogP contribution in [-0.2, 0) is 0 Å². The fourth-order valence-corrected chi connectivity index (χ4v) is 1.41. The summed E-state index contributed by atoms with van der Waals surface area (Å²) in [5, 5.41) is 18.0. The van der Waals surface area contributed by atoms with Gasteiger partial charge in [-0.25, -0.2) is 0 Å². The quantitative estimate of drug-likeness (QED) is 0.439. The van der Waals surface area contributed by atoms with Crippen LogP contribution in [0.1, 0.15) is 0 Å². The van der Waals surface area contributed by atoms with Crippen molar-refractivity contribution in [1.29, 1.82) is 0 Å². The number of quaternary nitrogens is 1. The van der Waals surface area contributed by atoms with Crippen molar-refractivity contribution in [3.8, 4) is 0 Å². The molecule has 1 atom stereocenters. The molecular weight excluding hydrogens is 166 g/mol. The minimum atomic E-state index is -0.662. The van der Waals surface area contributed by atoms with Crippen molar-refractivity contribution in [1.82, 2.24) is 0 Å². The van der Waals surface area contributed by atoms with Crippen molar-refractivity contribution in [3.63, 3.8) is 0 Å². The van der Waals surface area contributed by atoms with Crippen molar-refractivity contribution in [3.05, 3.63) is 25.3 Å². The SMILES string of the molecule is C=CC[N+](C)(CC=C)CC(O)CO. The number of aliphatic hydroxyl groups excluding tert-OH is 2. The molecule has 13 heavy (non-hydrogen) atoms. The smallest absolute Gasteiger partial charge is 0.126 e. The number of likely N-dealkylation sites (N-methyl/N-ethyl adjacent to an activating group) is 1. The van der Waals surface area contributed by atoms with Gasteiger partial charge in [-0.1, -0.05) is 13.2 Å². The maximum atomic E-state index is 9.31. The zero-order chi connectivity index (χ0) is 10.3. The summed E-state index contributed by atoms with van der Waals surface area (Å²) in [4.78, 5) is 0. The van der Waals surface area contributed by atoms with Gasteiger partial charge < -0.3 is 14.7 Å². The molecule has 0 aromatic carbocycles. The van der Waals surface area contributed by atoms with Crippen LogP contribution in [0.3, 0.4) is 0 Å². The zero-order valence-corrected chi connectivity index (χ0v) is 8.32. The van der Waals surface area contributed by atoms with Gasteiger partial charge in [-0.15, -0.1) is 0 Å². The Morgan fingerprint density at radius 2 is 1.77 bits per heavy atom. The number of hydrogen-bond donors (Lipinski definition) is 2. The van der Waals surface area contributed by atoms with E-state index in [1.54, 1.807) is 0 Å². The van der Waals surface area contributed by atoms with Gasteiger partial charge in [0, 0.05) is 0 Å². The predicted octanol–water partition coefficient (Wildman–Crippen LogP) is 0.158. The van der Waals surface area contributed by atoms with E-state index in [0.29, 0.717) is 11.0 Å². The Balaban J connectivity index is 4.20. The molecule has 0 bridgehead atoms. The summed E-state index contributed by atoms with van der Waals surface area (Å²) < 4.78 is 0.634. The molecule has 0 rings (SSSR count). The standard InChI is InChI=1S/C10H20NO2/c1-4-6-11(3,7-5-2)8-10(13)9-12/h4-5,10,12-13H,1-2,6-9H2,3H3/q+1. The second-order valence-corrected chi connectivity index (χ2v) is 3.58. The third kappa shape index (κ3) is 4.83. The molecule has 0 amide bonds. The first-order valence-electron chi connectivity index (χ1n) is 4.42. The van der Waals surface area contributed by atoms with E-state index < -0.39 is 6.10 Å². The van der Waals surface area contributed by atoms with Crippen LogP contribution < -0.4 is 0 Å². The van der Waals surface area contributed by atoms with Crippen molar-refractivity contribution in [2.75, 3.05) is 33.3 Å². The highest BCUT2D eigenvalue weighted by molar-refractivity contribution is 4.71. The summed E-state index contributed by atoms with van der Waals surface area (Å²) in [7, 11) is 2.00. The van der Waals surface area contributed by atoms with Gasteiger partial charge in [0.05, 0.1) is 26.7 Å². The van der Waals surface area contributed by atoms with Crippen LogP contribution in [-0.4, -0.2) is 54.1 Å². The van der Waals surface area contributed by atoms with E-state index in [4.69, 9.17) is 5.11 Å².